The summed E-state index contributed by atoms with van der Waals surface area (Å²) >= 11 is 0. The van der Waals surface area contributed by atoms with Gasteiger partial charge in [-0.25, -0.2) is 0 Å². The van der Waals surface area contributed by atoms with Crippen molar-refractivity contribution in [3.05, 3.63) is 0 Å². The van der Waals surface area contributed by atoms with Crippen molar-refractivity contribution in [2.24, 2.45) is 11.3 Å². The van der Waals surface area contributed by atoms with Crippen molar-refractivity contribution in [2.45, 2.75) is 45.1 Å². The average molecular weight is 291 g/mol. The second kappa shape index (κ2) is 7.46. The summed E-state index contributed by atoms with van der Waals surface area (Å²) in [5.41, 5.74) is -0.303. The summed E-state index contributed by atoms with van der Waals surface area (Å²) in [5, 5.41) is 6.60. The molecule has 1 aliphatic heterocycles. The first-order valence-electron chi connectivity index (χ1n) is 7.18. The molecule has 0 spiro atoms. The molecule has 112 valence electrons. The smallest absolute Gasteiger partial charge is 0.228 e. The van der Waals surface area contributed by atoms with Crippen LogP contribution in [0.15, 0.2) is 0 Å². The number of nitrogens with one attached hydrogen (secondary N) is 2. The molecule has 2 unspecified atom stereocenters. The van der Waals surface area contributed by atoms with E-state index in [9.17, 15) is 4.79 Å². The van der Waals surface area contributed by atoms with Crippen molar-refractivity contribution in [2.75, 3.05) is 26.8 Å². The van der Waals surface area contributed by atoms with E-state index in [0.717, 1.165) is 32.4 Å². The Labute approximate surface area is 122 Å². The first-order chi connectivity index (χ1) is 8.68. The molecule has 4 nitrogen and oxygen atoms in total. The molecule has 2 fully saturated rings. The van der Waals surface area contributed by atoms with Gasteiger partial charge in [0.25, 0.3) is 0 Å². The van der Waals surface area contributed by atoms with Crippen LogP contribution in [0.1, 0.15) is 39.0 Å². The van der Waals surface area contributed by atoms with E-state index in [0.29, 0.717) is 18.6 Å². The van der Waals surface area contributed by atoms with Gasteiger partial charge in [0.05, 0.1) is 12.0 Å². The number of rotatable bonds is 4. The van der Waals surface area contributed by atoms with Crippen LogP contribution in [0.25, 0.3) is 0 Å². The molecular weight excluding hydrogens is 264 g/mol. The maximum atomic E-state index is 12.6. The third-order valence-corrected chi connectivity index (χ3v) is 4.64. The summed E-state index contributed by atoms with van der Waals surface area (Å²) < 4.78 is 5.31. The maximum absolute atomic E-state index is 12.6. The van der Waals surface area contributed by atoms with E-state index in [1.807, 2.05) is 0 Å². The van der Waals surface area contributed by atoms with Crippen LogP contribution in [0.3, 0.4) is 0 Å². The molecule has 0 radical (unpaired) electrons. The number of ether oxygens (including phenoxy) is 1. The van der Waals surface area contributed by atoms with Gasteiger partial charge in [-0.05, 0) is 44.7 Å². The second-order valence-electron chi connectivity index (χ2n) is 5.95. The quantitative estimate of drug-likeness (QED) is 0.829. The fourth-order valence-electron chi connectivity index (χ4n) is 3.30. The zero-order valence-corrected chi connectivity index (χ0v) is 12.9. The van der Waals surface area contributed by atoms with Gasteiger partial charge in [0.1, 0.15) is 0 Å². The Morgan fingerprint density at radius 2 is 2.05 bits per heavy atom. The number of piperidine rings is 1. The van der Waals surface area contributed by atoms with E-state index < -0.39 is 0 Å². The monoisotopic (exact) mass is 290 g/mol. The highest BCUT2D eigenvalue weighted by molar-refractivity contribution is 5.85. The van der Waals surface area contributed by atoms with Crippen LogP contribution in [-0.2, 0) is 9.53 Å². The van der Waals surface area contributed by atoms with Crippen molar-refractivity contribution >= 4 is 18.3 Å². The average Bonchev–Trinajstić information content (AvgIpc) is 2.76. The Kier molecular flexibility index (Phi) is 6.57. The molecular formula is C14H27ClN2O2. The fourth-order valence-corrected chi connectivity index (χ4v) is 3.30. The predicted octanol–water partition coefficient (Wildman–Crippen LogP) is 1.73. The molecule has 1 saturated carbocycles. The molecule has 2 atom stereocenters. The number of carbonyl (C=O) groups excluding carboxylic acids is 1. The lowest BCUT2D eigenvalue weighted by Gasteiger charge is -2.36. The fraction of sp³-hybridized carbons (Fsp3) is 0.929. The highest BCUT2D eigenvalue weighted by Crippen LogP contribution is 2.31. The molecule has 2 aliphatic rings. The van der Waals surface area contributed by atoms with Gasteiger partial charge in [-0.3, -0.25) is 4.79 Å². The largest absolute Gasteiger partial charge is 0.384 e. The number of carbonyl (C=O) groups is 1. The van der Waals surface area contributed by atoms with E-state index in [1.54, 1.807) is 7.11 Å². The maximum Gasteiger partial charge on any atom is 0.228 e. The molecule has 1 saturated heterocycles. The van der Waals surface area contributed by atoms with E-state index in [4.69, 9.17) is 4.74 Å². The highest BCUT2D eigenvalue weighted by Gasteiger charge is 2.41. The van der Waals surface area contributed by atoms with Crippen molar-refractivity contribution in [1.82, 2.24) is 10.6 Å². The number of hydrogen-bond acceptors (Lipinski definition) is 3. The van der Waals surface area contributed by atoms with Gasteiger partial charge < -0.3 is 15.4 Å². The van der Waals surface area contributed by atoms with Gasteiger partial charge >= 0.3 is 0 Å². The van der Waals surface area contributed by atoms with Crippen LogP contribution in [0.2, 0.25) is 0 Å². The highest BCUT2D eigenvalue weighted by atomic mass is 35.5. The topological polar surface area (TPSA) is 50.4 Å². The van der Waals surface area contributed by atoms with E-state index in [2.05, 4.69) is 17.6 Å². The van der Waals surface area contributed by atoms with E-state index in [1.165, 1.54) is 12.8 Å². The van der Waals surface area contributed by atoms with Gasteiger partial charge in [-0.1, -0.05) is 13.3 Å². The Hall–Kier alpha value is -0.320. The Bertz CT molecular complexity index is 288. The first kappa shape index (κ1) is 16.7. The van der Waals surface area contributed by atoms with Crippen LogP contribution >= 0.6 is 12.4 Å². The number of halogens is 1. The van der Waals surface area contributed by atoms with Gasteiger partial charge in [-0.15, -0.1) is 12.4 Å². The third kappa shape index (κ3) is 3.83. The Balaban J connectivity index is 0.00000180. The summed E-state index contributed by atoms with van der Waals surface area (Å²) in [4.78, 5) is 12.6. The predicted molar refractivity (Wildman–Crippen MR) is 78.6 cm³/mol. The molecule has 1 aliphatic carbocycles. The van der Waals surface area contributed by atoms with Crippen molar-refractivity contribution in [1.29, 1.82) is 0 Å². The Morgan fingerprint density at radius 1 is 1.37 bits per heavy atom. The molecule has 2 N–H and O–H groups in total. The van der Waals surface area contributed by atoms with Crippen LogP contribution in [-0.4, -0.2) is 38.8 Å². The molecule has 1 heterocycles. The van der Waals surface area contributed by atoms with Gasteiger partial charge in [0, 0.05) is 13.2 Å². The minimum absolute atomic E-state index is 0. The standard InChI is InChI=1S/C14H26N2O2.ClH/c1-11-4-3-5-12(11)16-13(17)14(10-18-2)6-8-15-9-7-14;/h11-12,15H,3-10H2,1-2H3,(H,16,17);1H. The normalized spacial score (nSPS) is 29.6. The summed E-state index contributed by atoms with van der Waals surface area (Å²) in [6.45, 7) is 4.61. The first-order valence-corrected chi connectivity index (χ1v) is 7.18. The van der Waals surface area contributed by atoms with Gasteiger partial charge in [-0.2, -0.15) is 0 Å². The summed E-state index contributed by atoms with van der Waals surface area (Å²) in [6, 6.07) is 0.376. The van der Waals surface area contributed by atoms with Crippen molar-refractivity contribution in [3.8, 4) is 0 Å². The Morgan fingerprint density at radius 3 is 2.58 bits per heavy atom. The molecule has 0 aromatic rings. The number of amides is 1. The summed E-state index contributed by atoms with van der Waals surface area (Å²) in [7, 11) is 1.69. The zero-order chi connectivity index (χ0) is 13.0. The van der Waals surface area contributed by atoms with Crippen LogP contribution < -0.4 is 10.6 Å². The SMILES string of the molecule is COCC1(C(=O)NC2CCCC2C)CCNCC1.Cl. The molecule has 0 bridgehead atoms. The second-order valence-corrected chi connectivity index (χ2v) is 5.95. The molecule has 0 aromatic carbocycles. The third-order valence-electron chi connectivity index (χ3n) is 4.64. The molecule has 5 heteroatoms. The van der Waals surface area contributed by atoms with Crippen molar-refractivity contribution < 1.29 is 9.53 Å². The van der Waals surface area contributed by atoms with Crippen LogP contribution in [0.5, 0.6) is 0 Å². The lowest BCUT2D eigenvalue weighted by Crippen LogP contribution is -2.52. The molecule has 1 amide bonds. The molecule has 19 heavy (non-hydrogen) atoms. The summed E-state index contributed by atoms with van der Waals surface area (Å²) in [6.07, 6.45) is 5.38. The van der Waals surface area contributed by atoms with Crippen LogP contribution in [0.4, 0.5) is 0 Å². The summed E-state index contributed by atoms with van der Waals surface area (Å²) in [5.74, 6) is 0.833. The zero-order valence-electron chi connectivity index (χ0n) is 12.0. The van der Waals surface area contributed by atoms with Crippen LogP contribution in [0, 0.1) is 11.3 Å². The van der Waals surface area contributed by atoms with Crippen molar-refractivity contribution in [3.63, 3.8) is 0 Å². The van der Waals surface area contributed by atoms with Gasteiger partial charge in [0.2, 0.25) is 5.91 Å². The van der Waals surface area contributed by atoms with E-state index in [-0.39, 0.29) is 23.7 Å². The van der Waals surface area contributed by atoms with E-state index >= 15 is 0 Å². The number of methoxy groups -OCH3 is 1. The molecule has 0 aromatic heterocycles. The minimum atomic E-state index is -0.303. The minimum Gasteiger partial charge on any atom is -0.384 e. The number of hydrogen-bond donors (Lipinski definition) is 2. The lowest BCUT2D eigenvalue weighted by atomic mass is 9.78. The van der Waals surface area contributed by atoms with Gasteiger partial charge in [0.15, 0.2) is 0 Å². The molecule has 2 rings (SSSR count). The lowest BCUT2D eigenvalue weighted by molar-refractivity contribution is -0.137.